The van der Waals surface area contributed by atoms with E-state index in [1.54, 1.807) is 6.26 Å². The Morgan fingerprint density at radius 3 is 2.64 bits per heavy atom. The van der Waals surface area contributed by atoms with Crippen molar-refractivity contribution in [1.82, 2.24) is 4.90 Å². The molecule has 1 aromatic heterocycles. The number of rotatable bonds is 5. The van der Waals surface area contributed by atoms with E-state index in [1.165, 1.54) is 0 Å². The second-order valence-corrected chi connectivity index (χ2v) is 7.54. The van der Waals surface area contributed by atoms with Gasteiger partial charge in [-0.15, -0.1) is 0 Å². The van der Waals surface area contributed by atoms with Crippen molar-refractivity contribution < 1.29 is 18.7 Å². The van der Waals surface area contributed by atoms with Crippen LogP contribution in [0.2, 0.25) is 0 Å². The van der Waals surface area contributed by atoms with Crippen LogP contribution in [0, 0.1) is 11.8 Å². The molecule has 0 aromatic carbocycles. The lowest BCUT2D eigenvalue weighted by atomic mass is 9.86. The van der Waals surface area contributed by atoms with E-state index in [-0.39, 0.29) is 29.8 Å². The standard InChI is InChI=1S/C19H28N2O4/c1-12(2)14-5-10-25-17(14)19(23)21-7-3-13(4-8-21)11-16-15(18(20)22)6-9-24-16/h5,10,12-13,15-16H,3-4,6-9,11H2,1-2H3,(H2,20,22)/t15-,16-/m1/s1. The van der Waals surface area contributed by atoms with Crippen LogP contribution in [0.3, 0.4) is 0 Å². The third kappa shape index (κ3) is 3.89. The van der Waals surface area contributed by atoms with Crippen molar-refractivity contribution >= 4 is 11.8 Å². The maximum Gasteiger partial charge on any atom is 0.289 e. The van der Waals surface area contributed by atoms with Gasteiger partial charge in [0, 0.05) is 25.3 Å². The lowest BCUT2D eigenvalue weighted by Crippen LogP contribution is -2.40. The number of nitrogens with zero attached hydrogens (tertiary/aromatic N) is 1. The van der Waals surface area contributed by atoms with Crippen LogP contribution in [0.25, 0.3) is 0 Å². The van der Waals surface area contributed by atoms with E-state index in [0.717, 1.165) is 44.3 Å². The molecule has 2 amide bonds. The van der Waals surface area contributed by atoms with Gasteiger partial charge in [0.05, 0.1) is 18.3 Å². The van der Waals surface area contributed by atoms with Gasteiger partial charge in [0.2, 0.25) is 5.91 Å². The molecule has 0 aliphatic carbocycles. The number of furan rings is 1. The number of nitrogens with two attached hydrogens (primary N) is 1. The third-order valence-corrected chi connectivity index (χ3v) is 5.55. The van der Waals surface area contributed by atoms with Gasteiger partial charge in [-0.1, -0.05) is 13.8 Å². The molecule has 2 saturated heterocycles. The highest BCUT2D eigenvalue weighted by Crippen LogP contribution is 2.31. The van der Waals surface area contributed by atoms with Gasteiger partial charge in [-0.2, -0.15) is 0 Å². The Morgan fingerprint density at radius 1 is 1.28 bits per heavy atom. The summed E-state index contributed by atoms with van der Waals surface area (Å²) in [6.45, 7) is 6.17. The molecule has 0 spiro atoms. The number of hydrogen-bond donors (Lipinski definition) is 1. The molecule has 0 unspecified atom stereocenters. The summed E-state index contributed by atoms with van der Waals surface area (Å²) in [6.07, 6.45) is 4.98. The maximum atomic E-state index is 12.7. The van der Waals surface area contributed by atoms with Crippen LogP contribution in [0.4, 0.5) is 0 Å². The lowest BCUT2D eigenvalue weighted by Gasteiger charge is -2.33. The van der Waals surface area contributed by atoms with Crippen LogP contribution in [-0.2, 0) is 9.53 Å². The van der Waals surface area contributed by atoms with Crippen LogP contribution in [-0.4, -0.2) is 42.5 Å². The number of amides is 2. The Morgan fingerprint density at radius 2 is 2.00 bits per heavy atom. The van der Waals surface area contributed by atoms with E-state index in [2.05, 4.69) is 13.8 Å². The maximum absolute atomic E-state index is 12.7. The summed E-state index contributed by atoms with van der Waals surface area (Å²) in [5.41, 5.74) is 6.43. The summed E-state index contributed by atoms with van der Waals surface area (Å²) in [5, 5.41) is 0. The van der Waals surface area contributed by atoms with E-state index in [1.807, 2.05) is 11.0 Å². The highest BCUT2D eigenvalue weighted by molar-refractivity contribution is 5.93. The Kier molecular flexibility index (Phi) is 5.47. The minimum atomic E-state index is -0.255. The van der Waals surface area contributed by atoms with Crippen LogP contribution < -0.4 is 5.73 Å². The van der Waals surface area contributed by atoms with Gasteiger partial charge in [0.25, 0.3) is 5.91 Å². The molecule has 0 radical (unpaired) electrons. The molecule has 0 saturated carbocycles. The van der Waals surface area contributed by atoms with Crippen LogP contribution in [0.1, 0.15) is 61.6 Å². The van der Waals surface area contributed by atoms with Gasteiger partial charge in [0.1, 0.15) is 0 Å². The van der Waals surface area contributed by atoms with Crippen LogP contribution in [0.5, 0.6) is 0 Å². The molecule has 2 aliphatic rings. The number of primary amides is 1. The molecule has 1 aromatic rings. The number of likely N-dealkylation sites (tertiary alicyclic amines) is 1. The molecule has 2 fully saturated rings. The van der Waals surface area contributed by atoms with Crippen molar-refractivity contribution in [3.8, 4) is 0 Å². The molecule has 138 valence electrons. The molecule has 2 atom stereocenters. The van der Waals surface area contributed by atoms with E-state index < -0.39 is 0 Å². The van der Waals surface area contributed by atoms with Crippen molar-refractivity contribution in [3.63, 3.8) is 0 Å². The topological polar surface area (TPSA) is 85.8 Å². The van der Waals surface area contributed by atoms with Gasteiger partial charge in [-0.3, -0.25) is 9.59 Å². The molecular weight excluding hydrogens is 320 g/mol. The molecule has 0 bridgehead atoms. The van der Waals surface area contributed by atoms with Crippen molar-refractivity contribution in [2.24, 2.45) is 17.6 Å². The first-order valence-electron chi connectivity index (χ1n) is 9.25. The van der Waals surface area contributed by atoms with E-state index in [0.29, 0.717) is 18.3 Å². The monoisotopic (exact) mass is 348 g/mol. The predicted octanol–water partition coefficient (Wildman–Crippen LogP) is 2.54. The summed E-state index contributed by atoms with van der Waals surface area (Å²) in [4.78, 5) is 26.1. The van der Waals surface area contributed by atoms with Gasteiger partial charge in [-0.05, 0) is 43.6 Å². The fourth-order valence-electron chi connectivity index (χ4n) is 4.00. The molecule has 3 heterocycles. The minimum Gasteiger partial charge on any atom is -0.459 e. The zero-order chi connectivity index (χ0) is 18.0. The number of ether oxygens (including phenoxy) is 1. The largest absolute Gasteiger partial charge is 0.459 e. The SMILES string of the molecule is CC(C)c1ccoc1C(=O)N1CCC(C[C@H]2OCC[C@H]2C(N)=O)CC1. The zero-order valence-electron chi connectivity index (χ0n) is 15.1. The highest BCUT2D eigenvalue weighted by atomic mass is 16.5. The first-order chi connectivity index (χ1) is 12.0. The minimum absolute atomic E-state index is 0.0146. The summed E-state index contributed by atoms with van der Waals surface area (Å²) in [5.74, 6) is 0.779. The first kappa shape index (κ1) is 18.0. The fraction of sp³-hybridized carbons (Fsp3) is 0.684. The molecule has 3 rings (SSSR count). The molecule has 6 nitrogen and oxygen atoms in total. The van der Waals surface area contributed by atoms with E-state index in [4.69, 9.17) is 14.9 Å². The molecule has 2 N–H and O–H groups in total. The Balaban J connectivity index is 1.54. The summed E-state index contributed by atoms with van der Waals surface area (Å²) in [6, 6.07) is 1.88. The van der Waals surface area contributed by atoms with Crippen LogP contribution >= 0.6 is 0 Å². The first-order valence-corrected chi connectivity index (χ1v) is 9.25. The average molecular weight is 348 g/mol. The number of carbonyl (C=O) groups excluding carboxylic acids is 2. The highest BCUT2D eigenvalue weighted by Gasteiger charge is 2.36. The lowest BCUT2D eigenvalue weighted by molar-refractivity contribution is -0.123. The second-order valence-electron chi connectivity index (χ2n) is 7.54. The normalized spacial score (nSPS) is 24.8. The summed E-state index contributed by atoms with van der Waals surface area (Å²) in [7, 11) is 0. The average Bonchev–Trinajstić information content (AvgIpc) is 3.24. The van der Waals surface area contributed by atoms with E-state index >= 15 is 0 Å². The summed E-state index contributed by atoms with van der Waals surface area (Å²) >= 11 is 0. The molecule has 25 heavy (non-hydrogen) atoms. The van der Waals surface area contributed by atoms with Crippen molar-refractivity contribution in [1.29, 1.82) is 0 Å². The molecule has 2 aliphatic heterocycles. The molecule has 6 heteroatoms. The zero-order valence-corrected chi connectivity index (χ0v) is 15.1. The number of piperidine rings is 1. The number of carbonyl (C=O) groups is 2. The quantitative estimate of drug-likeness (QED) is 0.886. The molecular formula is C19H28N2O4. The van der Waals surface area contributed by atoms with E-state index in [9.17, 15) is 9.59 Å². The van der Waals surface area contributed by atoms with Gasteiger partial charge in [0.15, 0.2) is 5.76 Å². The van der Waals surface area contributed by atoms with Crippen LogP contribution in [0.15, 0.2) is 16.7 Å². The fourth-order valence-corrected chi connectivity index (χ4v) is 4.00. The van der Waals surface area contributed by atoms with Gasteiger partial charge >= 0.3 is 0 Å². The van der Waals surface area contributed by atoms with Crippen molar-refractivity contribution in [3.05, 3.63) is 23.7 Å². The van der Waals surface area contributed by atoms with Gasteiger partial charge in [-0.25, -0.2) is 0 Å². The Hall–Kier alpha value is -1.82. The Bertz CT molecular complexity index is 617. The van der Waals surface area contributed by atoms with Gasteiger partial charge < -0.3 is 19.8 Å². The van der Waals surface area contributed by atoms with Crippen molar-refractivity contribution in [2.75, 3.05) is 19.7 Å². The smallest absolute Gasteiger partial charge is 0.289 e. The third-order valence-electron chi connectivity index (χ3n) is 5.55. The van der Waals surface area contributed by atoms with Crippen molar-refractivity contribution in [2.45, 2.75) is 51.6 Å². The second kappa shape index (κ2) is 7.60. The number of hydrogen-bond acceptors (Lipinski definition) is 4. The predicted molar refractivity (Wildman–Crippen MR) is 93.1 cm³/mol. The Labute approximate surface area is 148 Å². The summed E-state index contributed by atoms with van der Waals surface area (Å²) < 4.78 is 11.2.